The second-order valence-corrected chi connectivity index (χ2v) is 11.3. The van der Waals surface area contributed by atoms with Crippen LogP contribution in [0.2, 0.25) is 0 Å². The van der Waals surface area contributed by atoms with Crippen molar-refractivity contribution in [2.75, 3.05) is 45.9 Å². The van der Waals surface area contributed by atoms with E-state index in [2.05, 4.69) is 103 Å². The van der Waals surface area contributed by atoms with Gasteiger partial charge in [-0.15, -0.1) is 0 Å². The Kier molecular flexibility index (Phi) is 11.4. The fourth-order valence-corrected chi connectivity index (χ4v) is 6.04. The summed E-state index contributed by atoms with van der Waals surface area (Å²) in [6.07, 6.45) is 0.957. The second-order valence-electron chi connectivity index (χ2n) is 11.3. The molecule has 0 aliphatic carbocycles. The number of fused-ring (bicyclic) bond motifs is 1. The minimum Gasteiger partial charge on any atom is -0.494 e. The Bertz CT molecular complexity index is 1340. The largest absolute Gasteiger partial charge is 0.494 e. The third kappa shape index (κ3) is 8.42. The van der Waals surface area contributed by atoms with E-state index >= 15 is 0 Å². The van der Waals surface area contributed by atoms with Crippen LogP contribution in [0.4, 0.5) is 0 Å². The van der Waals surface area contributed by atoms with Crippen LogP contribution >= 0.6 is 0 Å². The van der Waals surface area contributed by atoms with Crippen molar-refractivity contribution in [3.05, 3.63) is 114 Å². The minimum absolute atomic E-state index is 0.0966. The third-order valence-corrected chi connectivity index (χ3v) is 8.40. The van der Waals surface area contributed by atoms with Gasteiger partial charge in [-0.3, -0.25) is 0 Å². The Morgan fingerprint density at radius 3 is 2.29 bits per heavy atom. The Hall–Kier alpha value is -3.22. The summed E-state index contributed by atoms with van der Waals surface area (Å²) in [5, 5.41) is 6.20. The number of rotatable bonds is 15. The lowest BCUT2D eigenvalue weighted by molar-refractivity contribution is -0.0111. The fraction of sp³-hybridized carbons (Fsp3) is 0.405. The standard InChI is InChI=1S/C37H46N2O3/c1-3-39(4-2)26-34-24-38-25-36(42-28-30-15-16-31-13-8-9-14-33(31)23-30)37(34)32-17-19-35(20-18-32)41-22-10-21-40-27-29-11-6-5-7-12-29/h5-9,11-20,23,34,36-38H,3-4,10,21-22,24-28H2,1-2H3. The van der Waals surface area contributed by atoms with Crippen LogP contribution in [0.1, 0.15) is 42.9 Å². The van der Waals surface area contributed by atoms with Crippen molar-refractivity contribution in [3.8, 4) is 5.75 Å². The lowest BCUT2D eigenvalue weighted by Crippen LogP contribution is -2.50. The summed E-state index contributed by atoms with van der Waals surface area (Å²) in [6, 6.07) is 34.2. The molecule has 4 aromatic carbocycles. The molecule has 0 aromatic heterocycles. The highest BCUT2D eigenvalue weighted by Gasteiger charge is 2.36. The Morgan fingerprint density at radius 2 is 1.50 bits per heavy atom. The van der Waals surface area contributed by atoms with Gasteiger partial charge in [-0.25, -0.2) is 0 Å². The van der Waals surface area contributed by atoms with E-state index in [-0.39, 0.29) is 6.10 Å². The zero-order chi connectivity index (χ0) is 29.0. The quantitative estimate of drug-likeness (QED) is 0.156. The zero-order valence-corrected chi connectivity index (χ0v) is 25.2. The molecule has 1 fully saturated rings. The molecule has 0 radical (unpaired) electrons. The smallest absolute Gasteiger partial charge is 0.119 e. The summed E-state index contributed by atoms with van der Waals surface area (Å²) >= 11 is 0. The van der Waals surface area contributed by atoms with E-state index in [0.717, 1.165) is 44.9 Å². The van der Waals surface area contributed by atoms with E-state index in [1.165, 1.54) is 27.5 Å². The lowest BCUT2D eigenvalue weighted by atomic mass is 9.78. The number of hydrogen-bond donors (Lipinski definition) is 1. The van der Waals surface area contributed by atoms with Crippen molar-refractivity contribution in [2.45, 2.75) is 45.5 Å². The third-order valence-electron chi connectivity index (χ3n) is 8.40. The Labute approximate surface area is 251 Å². The van der Waals surface area contributed by atoms with Crippen molar-refractivity contribution in [1.82, 2.24) is 10.2 Å². The molecule has 5 nitrogen and oxygen atoms in total. The van der Waals surface area contributed by atoms with Crippen LogP contribution in [0.5, 0.6) is 5.75 Å². The monoisotopic (exact) mass is 566 g/mol. The van der Waals surface area contributed by atoms with Gasteiger partial charge in [0.05, 0.1) is 32.5 Å². The SMILES string of the molecule is CCN(CC)CC1CNCC(OCc2ccc3ccccc3c2)C1c1ccc(OCCCOCc2ccccc2)cc1. The van der Waals surface area contributed by atoms with Crippen LogP contribution in [0.25, 0.3) is 10.8 Å². The number of hydrogen-bond acceptors (Lipinski definition) is 5. The molecule has 0 bridgehead atoms. The zero-order valence-electron chi connectivity index (χ0n) is 25.2. The van der Waals surface area contributed by atoms with E-state index in [4.69, 9.17) is 14.2 Å². The maximum atomic E-state index is 6.70. The van der Waals surface area contributed by atoms with Crippen LogP contribution < -0.4 is 10.1 Å². The van der Waals surface area contributed by atoms with Crippen LogP contribution in [-0.2, 0) is 22.7 Å². The minimum atomic E-state index is 0.0966. The predicted molar refractivity (Wildman–Crippen MR) is 172 cm³/mol. The van der Waals surface area contributed by atoms with Crippen molar-refractivity contribution in [2.24, 2.45) is 5.92 Å². The van der Waals surface area contributed by atoms with Gasteiger partial charge < -0.3 is 24.4 Å². The fourth-order valence-electron chi connectivity index (χ4n) is 6.04. The molecule has 222 valence electrons. The molecule has 3 unspecified atom stereocenters. The van der Waals surface area contributed by atoms with E-state index in [1.807, 2.05) is 18.2 Å². The number of nitrogens with zero attached hydrogens (tertiary/aromatic N) is 1. The number of benzene rings is 4. The summed E-state index contributed by atoms with van der Waals surface area (Å²) in [4.78, 5) is 2.53. The molecular formula is C37H46N2O3. The van der Waals surface area contributed by atoms with Gasteiger partial charge in [-0.05, 0) is 71.2 Å². The van der Waals surface area contributed by atoms with Gasteiger partial charge in [0.1, 0.15) is 5.75 Å². The highest BCUT2D eigenvalue weighted by molar-refractivity contribution is 5.82. The molecule has 1 heterocycles. The molecule has 0 amide bonds. The van der Waals surface area contributed by atoms with Gasteiger partial charge in [-0.1, -0.05) is 92.7 Å². The van der Waals surface area contributed by atoms with Gasteiger partial charge in [0.2, 0.25) is 0 Å². The predicted octanol–water partition coefficient (Wildman–Crippen LogP) is 7.06. The normalized spacial score (nSPS) is 18.9. The van der Waals surface area contributed by atoms with Gasteiger partial charge in [0.25, 0.3) is 0 Å². The van der Waals surface area contributed by atoms with Gasteiger partial charge in [0.15, 0.2) is 0 Å². The summed E-state index contributed by atoms with van der Waals surface area (Å²) in [5.74, 6) is 1.69. The molecule has 42 heavy (non-hydrogen) atoms. The van der Waals surface area contributed by atoms with E-state index in [1.54, 1.807) is 0 Å². The molecule has 0 spiro atoms. The summed E-state index contributed by atoms with van der Waals surface area (Å²) in [7, 11) is 0. The molecular weight excluding hydrogens is 520 g/mol. The van der Waals surface area contributed by atoms with Crippen molar-refractivity contribution < 1.29 is 14.2 Å². The van der Waals surface area contributed by atoms with E-state index in [0.29, 0.717) is 38.3 Å². The van der Waals surface area contributed by atoms with Gasteiger partial charge in [-0.2, -0.15) is 0 Å². The molecule has 4 aromatic rings. The second kappa shape index (κ2) is 15.9. The first-order chi connectivity index (χ1) is 20.7. The van der Waals surface area contributed by atoms with Crippen LogP contribution in [0.15, 0.2) is 97.1 Å². The maximum absolute atomic E-state index is 6.70. The number of ether oxygens (including phenoxy) is 3. The maximum Gasteiger partial charge on any atom is 0.119 e. The molecule has 5 heteroatoms. The van der Waals surface area contributed by atoms with E-state index in [9.17, 15) is 0 Å². The van der Waals surface area contributed by atoms with Gasteiger partial charge in [0, 0.05) is 25.4 Å². The summed E-state index contributed by atoms with van der Waals surface area (Å²) in [5.41, 5.74) is 3.75. The Balaban J connectivity index is 1.20. The summed E-state index contributed by atoms with van der Waals surface area (Å²) < 4.78 is 18.6. The van der Waals surface area contributed by atoms with Crippen LogP contribution in [0.3, 0.4) is 0 Å². The molecule has 1 saturated heterocycles. The first-order valence-electron chi connectivity index (χ1n) is 15.6. The molecule has 1 N–H and O–H groups in total. The molecule has 1 aliphatic rings. The highest BCUT2D eigenvalue weighted by Crippen LogP contribution is 2.34. The van der Waals surface area contributed by atoms with Crippen LogP contribution in [0, 0.1) is 5.92 Å². The average Bonchev–Trinajstić information content (AvgIpc) is 3.05. The van der Waals surface area contributed by atoms with Crippen molar-refractivity contribution in [3.63, 3.8) is 0 Å². The highest BCUT2D eigenvalue weighted by atomic mass is 16.5. The molecule has 3 atom stereocenters. The van der Waals surface area contributed by atoms with E-state index < -0.39 is 0 Å². The lowest BCUT2D eigenvalue weighted by Gasteiger charge is -2.41. The molecule has 0 saturated carbocycles. The topological polar surface area (TPSA) is 43.0 Å². The number of piperidine rings is 1. The Morgan fingerprint density at radius 1 is 0.738 bits per heavy atom. The first kappa shape index (κ1) is 30.2. The molecule has 5 rings (SSSR count). The average molecular weight is 567 g/mol. The van der Waals surface area contributed by atoms with Crippen molar-refractivity contribution in [1.29, 1.82) is 0 Å². The summed E-state index contributed by atoms with van der Waals surface area (Å²) in [6.45, 7) is 12.1. The van der Waals surface area contributed by atoms with Crippen LogP contribution in [-0.4, -0.2) is 56.9 Å². The van der Waals surface area contributed by atoms with Crippen molar-refractivity contribution >= 4 is 10.8 Å². The van der Waals surface area contributed by atoms with Gasteiger partial charge >= 0.3 is 0 Å². The molecule has 1 aliphatic heterocycles. The number of nitrogens with one attached hydrogen (secondary N) is 1. The first-order valence-corrected chi connectivity index (χ1v) is 15.6.